The van der Waals surface area contributed by atoms with Gasteiger partial charge in [0.05, 0.1) is 20.1 Å². The molecule has 0 heterocycles. The zero-order chi connectivity index (χ0) is 23.2. The SMILES string of the molecule is CCCCCCCOc1ccc(C(=O)NC(=S)NNC(=O)Cc2ccc(OC)cc2)cc1. The van der Waals surface area contributed by atoms with E-state index in [1.807, 2.05) is 0 Å². The molecule has 172 valence electrons. The molecule has 2 amide bonds. The van der Waals surface area contributed by atoms with Crippen molar-refractivity contribution in [1.82, 2.24) is 16.2 Å². The molecule has 0 aromatic heterocycles. The van der Waals surface area contributed by atoms with Crippen molar-refractivity contribution in [3.05, 3.63) is 59.7 Å². The zero-order valence-electron chi connectivity index (χ0n) is 18.6. The molecule has 0 bridgehead atoms. The molecule has 2 rings (SSSR count). The van der Waals surface area contributed by atoms with Crippen LogP contribution in [-0.2, 0) is 11.2 Å². The molecule has 0 saturated heterocycles. The molecule has 0 aliphatic heterocycles. The summed E-state index contributed by atoms with van der Waals surface area (Å²) in [7, 11) is 1.58. The van der Waals surface area contributed by atoms with Crippen LogP contribution in [0.1, 0.15) is 54.9 Å². The molecule has 0 aliphatic carbocycles. The highest BCUT2D eigenvalue weighted by molar-refractivity contribution is 7.80. The van der Waals surface area contributed by atoms with E-state index in [2.05, 4.69) is 23.1 Å². The Morgan fingerprint density at radius 2 is 1.53 bits per heavy atom. The minimum absolute atomic E-state index is 0.00508. The molecular formula is C24H31N3O4S. The van der Waals surface area contributed by atoms with Gasteiger partial charge in [0, 0.05) is 5.56 Å². The Hall–Kier alpha value is -3.13. The van der Waals surface area contributed by atoms with Crippen LogP contribution in [0.5, 0.6) is 11.5 Å². The van der Waals surface area contributed by atoms with Gasteiger partial charge in [0.2, 0.25) is 5.91 Å². The van der Waals surface area contributed by atoms with Crippen LogP contribution in [0.15, 0.2) is 48.5 Å². The number of unbranched alkanes of at least 4 members (excludes halogenated alkanes) is 4. The fourth-order valence-corrected chi connectivity index (χ4v) is 3.05. The molecule has 0 atom stereocenters. The van der Waals surface area contributed by atoms with E-state index in [0.717, 1.165) is 29.9 Å². The van der Waals surface area contributed by atoms with Crippen LogP contribution in [-0.4, -0.2) is 30.6 Å². The number of amides is 2. The lowest BCUT2D eigenvalue weighted by Gasteiger charge is -2.11. The second-order valence-corrected chi connectivity index (χ2v) is 7.68. The molecule has 2 aromatic rings. The van der Waals surface area contributed by atoms with Crippen LogP contribution in [0.2, 0.25) is 0 Å². The van der Waals surface area contributed by atoms with Crippen molar-refractivity contribution in [2.45, 2.75) is 45.4 Å². The van der Waals surface area contributed by atoms with Crippen LogP contribution in [0.4, 0.5) is 0 Å². The van der Waals surface area contributed by atoms with Gasteiger partial charge in [-0.05, 0) is 60.6 Å². The Balaban J connectivity index is 1.68. The second kappa shape index (κ2) is 14.0. The number of rotatable bonds is 11. The van der Waals surface area contributed by atoms with Crippen molar-refractivity contribution >= 4 is 29.1 Å². The van der Waals surface area contributed by atoms with Crippen molar-refractivity contribution in [2.24, 2.45) is 0 Å². The molecule has 0 aliphatic rings. The van der Waals surface area contributed by atoms with E-state index in [-0.39, 0.29) is 23.3 Å². The Labute approximate surface area is 194 Å². The van der Waals surface area contributed by atoms with Crippen molar-refractivity contribution in [1.29, 1.82) is 0 Å². The molecule has 2 aromatic carbocycles. The minimum Gasteiger partial charge on any atom is -0.497 e. The average molecular weight is 458 g/mol. The molecule has 0 saturated carbocycles. The van der Waals surface area contributed by atoms with Gasteiger partial charge < -0.3 is 9.47 Å². The van der Waals surface area contributed by atoms with E-state index >= 15 is 0 Å². The van der Waals surface area contributed by atoms with Crippen molar-refractivity contribution in [3.8, 4) is 11.5 Å². The quantitative estimate of drug-likeness (QED) is 0.269. The van der Waals surface area contributed by atoms with Gasteiger partial charge in [-0.25, -0.2) is 0 Å². The first-order valence-electron chi connectivity index (χ1n) is 10.8. The maximum atomic E-state index is 12.3. The Bertz CT molecular complexity index is 870. The summed E-state index contributed by atoms with van der Waals surface area (Å²) in [6.07, 6.45) is 6.05. The predicted molar refractivity (Wildman–Crippen MR) is 129 cm³/mol. The number of hydrogen-bond donors (Lipinski definition) is 3. The number of benzene rings is 2. The molecule has 0 fully saturated rings. The maximum Gasteiger partial charge on any atom is 0.257 e. The monoisotopic (exact) mass is 457 g/mol. The smallest absolute Gasteiger partial charge is 0.257 e. The van der Waals surface area contributed by atoms with Crippen LogP contribution in [0, 0.1) is 0 Å². The maximum absolute atomic E-state index is 12.3. The molecule has 3 N–H and O–H groups in total. The molecule has 0 radical (unpaired) electrons. The van der Waals surface area contributed by atoms with Crippen LogP contribution < -0.4 is 25.6 Å². The fourth-order valence-electron chi connectivity index (χ4n) is 2.90. The summed E-state index contributed by atoms with van der Waals surface area (Å²) >= 11 is 5.07. The summed E-state index contributed by atoms with van der Waals surface area (Å²) in [5.74, 6) is 0.780. The molecule has 7 nitrogen and oxygen atoms in total. The Kier molecular flexibility index (Phi) is 11.0. The highest BCUT2D eigenvalue weighted by Gasteiger charge is 2.09. The first kappa shape index (κ1) is 25.1. The van der Waals surface area contributed by atoms with Crippen LogP contribution >= 0.6 is 12.2 Å². The molecule has 32 heavy (non-hydrogen) atoms. The van der Waals surface area contributed by atoms with Crippen molar-refractivity contribution < 1.29 is 19.1 Å². The minimum atomic E-state index is -0.377. The van der Waals surface area contributed by atoms with Gasteiger partial charge >= 0.3 is 0 Å². The summed E-state index contributed by atoms with van der Waals surface area (Å²) in [4.78, 5) is 24.4. The topological polar surface area (TPSA) is 88.7 Å². The Morgan fingerprint density at radius 1 is 0.875 bits per heavy atom. The zero-order valence-corrected chi connectivity index (χ0v) is 19.4. The van der Waals surface area contributed by atoms with Crippen molar-refractivity contribution in [2.75, 3.05) is 13.7 Å². The van der Waals surface area contributed by atoms with Gasteiger partial charge in [0.25, 0.3) is 5.91 Å². The lowest BCUT2D eigenvalue weighted by molar-refractivity contribution is -0.121. The van der Waals surface area contributed by atoms with E-state index in [9.17, 15) is 9.59 Å². The number of ether oxygens (including phenoxy) is 2. The molecule has 0 spiro atoms. The van der Waals surface area contributed by atoms with Gasteiger partial charge in [-0.1, -0.05) is 44.7 Å². The number of carbonyl (C=O) groups excluding carboxylic acids is 2. The van der Waals surface area contributed by atoms with E-state index < -0.39 is 0 Å². The normalized spacial score (nSPS) is 10.2. The number of thiocarbonyl (C=S) groups is 1. The van der Waals surface area contributed by atoms with E-state index in [1.54, 1.807) is 55.6 Å². The first-order valence-corrected chi connectivity index (χ1v) is 11.2. The highest BCUT2D eigenvalue weighted by Crippen LogP contribution is 2.13. The summed E-state index contributed by atoms with van der Waals surface area (Å²) < 4.78 is 10.8. The summed E-state index contributed by atoms with van der Waals surface area (Å²) in [6, 6.07) is 14.0. The fraction of sp³-hybridized carbons (Fsp3) is 0.375. The van der Waals surface area contributed by atoms with Gasteiger partial charge in [0.1, 0.15) is 11.5 Å². The van der Waals surface area contributed by atoms with Gasteiger partial charge in [-0.3, -0.25) is 25.8 Å². The number of hydrazine groups is 1. The Morgan fingerprint density at radius 3 is 2.19 bits per heavy atom. The number of methoxy groups -OCH3 is 1. The number of hydrogen-bond acceptors (Lipinski definition) is 5. The number of carbonyl (C=O) groups is 2. The van der Waals surface area contributed by atoms with Crippen molar-refractivity contribution in [3.63, 3.8) is 0 Å². The lowest BCUT2D eigenvalue weighted by atomic mass is 10.1. The third kappa shape index (κ3) is 9.34. The highest BCUT2D eigenvalue weighted by atomic mass is 32.1. The largest absolute Gasteiger partial charge is 0.497 e. The summed E-state index contributed by atoms with van der Waals surface area (Å²) in [5.41, 5.74) is 6.27. The lowest BCUT2D eigenvalue weighted by Crippen LogP contribution is -2.48. The van der Waals surface area contributed by atoms with Crippen LogP contribution in [0.25, 0.3) is 0 Å². The van der Waals surface area contributed by atoms with Gasteiger partial charge in [-0.2, -0.15) is 0 Å². The predicted octanol–water partition coefficient (Wildman–Crippen LogP) is 3.92. The molecule has 0 unspecified atom stereocenters. The first-order chi connectivity index (χ1) is 15.5. The summed E-state index contributed by atoms with van der Waals surface area (Å²) in [6.45, 7) is 2.86. The van der Waals surface area contributed by atoms with E-state index in [4.69, 9.17) is 21.7 Å². The van der Waals surface area contributed by atoms with E-state index in [0.29, 0.717) is 12.2 Å². The van der Waals surface area contributed by atoms with Gasteiger partial charge in [0.15, 0.2) is 5.11 Å². The third-order valence-corrected chi connectivity index (χ3v) is 4.90. The average Bonchev–Trinajstić information content (AvgIpc) is 2.81. The molecule has 8 heteroatoms. The van der Waals surface area contributed by atoms with Crippen LogP contribution in [0.3, 0.4) is 0 Å². The second-order valence-electron chi connectivity index (χ2n) is 7.27. The third-order valence-electron chi connectivity index (χ3n) is 4.70. The number of nitrogens with one attached hydrogen (secondary N) is 3. The van der Waals surface area contributed by atoms with Gasteiger partial charge in [-0.15, -0.1) is 0 Å². The molecular weight excluding hydrogens is 426 g/mol. The standard InChI is InChI=1S/C24H31N3O4S/c1-3-4-5-6-7-16-31-21-14-10-19(11-15-21)23(29)25-24(32)27-26-22(28)17-18-8-12-20(30-2)13-9-18/h8-15H,3-7,16-17H2,1-2H3,(H,26,28)(H2,25,27,29,32). The summed E-state index contributed by atoms with van der Waals surface area (Å²) in [5, 5.41) is 2.54. The van der Waals surface area contributed by atoms with E-state index in [1.165, 1.54) is 19.3 Å².